The monoisotopic (exact) mass is 287 g/mol. The van der Waals surface area contributed by atoms with Crippen LogP contribution in [0.3, 0.4) is 0 Å². The number of nitrogens with zero attached hydrogens (tertiary/aromatic N) is 3. The first-order valence-corrected chi connectivity index (χ1v) is 6.12. The zero-order valence-electron chi connectivity index (χ0n) is 9.05. The first-order chi connectivity index (χ1) is 8.33. The lowest BCUT2D eigenvalue weighted by atomic mass is 10.2. The van der Waals surface area contributed by atoms with E-state index in [0.717, 1.165) is 27.7 Å². The fourth-order valence-electron chi connectivity index (χ4n) is 1.83. The van der Waals surface area contributed by atoms with Crippen LogP contribution in [0.5, 0.6) is 0 Å². The highest BCUT2D eigenvalue weighted by molar-refractivity contribution is 9.10. The molecule has 0 spiro atoms. The zero-order chi connectivity index (χ0) is 11.7. The number of para-hydroxylation sites is 2. The van der Waals surface area contributed by atoms with E-state index in [0.29, 0.717) is 0 Å². The summed E-state index contributed by atoms with van der Waals surface area (Å²) in [6.07, 6.45) is 3.74. The Morgan fingerprint density at radius 1 is 1.06 bits per heavy atom. The maximum Gasteiger partial charge on any atom is 0.106 e. The van der Waals surface area contributed by atoms with Gasteiger partial charge in [-0.2, -0.15) is 0 Å². The van der Waals surface area contributed by atoms with Crippen molar-refractivity contribution in [1.82, 2.24) is 14.5 Å². The molecule has 0 radical (unpaired) electrons. The molecule has 84 valence electrons. The average molecular weight is 288 g/mol. The number of rotatable bonds is 2. The van der Waals surface area contributed by atoms with Crippen molar-refractivity contribution in [3.05, 3.63) is 59.1 Å². The molecule has 0 atom stereocenters. The number of hydrogen-bond donors (Lipinski definition) is 0. The van der Waals surface area contributed by atoms with Crippen molar-refractivity contribution in [3.63, 3.8) is 0 Å². The van der Waals surface area contributed by atoms with Crippen molar-refractivity contribution in [1.29, 1.82) is 0 Å². The third kappa shape index (κ3) is 2.08. The van der Waals surface area contributed by atoms with Crippen molar-refractivity contribution < 1.29 is 0 Å². The number of fused-ring (bicyclic) bond motifs is 1. The Labute approximate surface area is 107 Å². The van der Waals surface area contributed by atoms with Gasteiger partial charge >= 0.3 is 0 Å². The predicted octanol–water partition coefficient (Wildman–Crippen LogP) is 3.24. The van der Waals surface area contributed by atoms with Gasteiger partial charge in [0.25, 0.3) is 0 Å². The normalized spacial score (nSPS) is 10.9. The summed E-state index contributed by atoms with van der Waals surface area (Å²) in [5, 5.41) is 0. The second-order valence-corrected chi connectivity index (χ2v) is 4.66. The van der Waals surface area contributed by atoms with Crippen molar-refractivity contribution in [2.45, 2.75) is 6.54 Å². The molecular formula is C13H10BrN3. The lowest BCUT2D eigenvalue weighted by molar-refractivity contribution is 0.819. The van der Waals surface area contributed by atoms with E-state index in [-0.39, 0.29) is 0 Å². The molecule has 0 amide bonds. The van der Waals surface area contributed by atoms with Crippen molar-refractivity contribution in [2.24, 2.45) is 0 Å². The number of aromatic nitrogens is 3. The van der Waals surface area contributed by atoms with Gasteiger partial charge in [-0.15, -0.1) is 0 Å². The summed E-state index contributed by atoms with van der Waals surface area (Å²) in [4.78, 5) is 8.59. The van der Waals surface area contributed by atoms with E-state index in [2.05, 4.69) is 42.6 Å². The maximum absolute atomic E-state index is 4.37. The predicted molar refractivity (Wildman–Crippen MR) is 70.8 cm³/mol. The largest absolute Gasteiger partial charge is 0.326 e. The van der Waals surface area contributed by atoms with E-state index in [1.54, 1.807) is 0 Å². The quantitative estimate of drug-likeness (QED) is 0.678. The van der Waals surface area contributed by atoms with Crippen LogP contribution in [0.4, 0.5) is 0 Å². The van der Waals surface area contributed by atoms with Gasteiger partial charge in [-0.25, -0.2) is 9.97 Å². The summed E-state index contributed by atoms with van der Waals surface area (Å²) in [5.41, 5.74) is 3.34. The number of hydrogen-bond acceptors (Lipinski definition) is 2. The van der Waals surface area contributed by atoms with Crippen LogP contribution in [0.25, 0.3) is 11.0 Å². The second-order valence-electron chi connectivity index (χ2n) is 3.85. The lowest BCUT2D eigenvalue weighted by Gasteiger charge is -2.04. The van der Waals surface area contributed by atoms with Crippen LogP contribution < -0.4 is 0 Å². The number of pyridine rings is 1. The minimum atomic E-state index is 0.792. The number of imidazole rings is 1. The van der Waals surface area contributed by atoms with Crippen LogP contribution in [0.2, 0.25) is 0 Å². The minimum Gasteiger partial charge on any atom is -0.326 e. The Morgan fingerprint density at radius 3 is 2.76 bits per heavy atom. The van der Waals surface area contributed by atoms with E-state index < -0.39 is 0 Å². The zero-order valence-corrected chi connectivity index (χ0v) is 10.6. The van der Waals surface area contributed by atoms with Gasteiger partial charge < -0.3 is 4.57 Å². The number of halogens is 1. The van der Waals surface area contributed by atoms with E-state index in [1.807, 2.05) is 36.8 Å². The van der Waals surface area contributed by atoms with Gasteiger partial charge in [0, 0.05) is 6.20 Å². The molecule has 2 aromatic heterocycles. The molecule has 1 aromatic carbocycles. The summed E-state index contributed by atoms with van der Waals surface area (Å²) < 4.78 is 2.98. The van der Waals surface area contributed by atoms with Crippen LogP contribution in [0, 0.1) is 0 Å². The average Bonchev–Trinajstić information content (AvgIpc) is 2.76. The maximum atomic E-state index is 4.37. The molecular weight excluding hydrogens is 278 g/mol. The van der Waals surface area contributed by atoms with E-state index >= 15 is 0 Å². The Hall–Kier alpha value is -1.68. The highest BCUT2D eigenvalue weighted by Gasteiger charge is 2.02. The fraction of sp³-hybridized carbons (Fsp3) is 0.0769. The molecule has 0 bridgehead atoms. The second kappa shape index (κ2) is 4.30. The Morgan fingerprint density at radius 2 is 1.94 bits per heavy atom. The summed E-state index contributed by atoms with van der Waals surface area (Å²) in [7, 11) is 0. The molecule has 0 aliphatic carbocycles. The summed E-state index contributed by atoms with van der Waals surface area (Å²) in [5.74, 6) is 0. The number of benzene rings is 1. The van der Waals surface area contributed by atoms with E-state index in [1.165, 1.54) is 0 Å². The van der Waals surface area contributed by atoms with Crippen LogP contribution in [0.15, 0.2) is 53.5 Å². The van der Waals surface area contributed by atoms with Crippen molar-refractivity contribution in [2.75, 3.05) is 0 Å². The topological polar surface area (TPSA) is 30.7 Å². The Balaban J connectivity index is 1.97. The van der Waals surface area contributed by atoms with Crippen LogP contribution in [0.1, 0.15) is 5.56 Å². The third-order valence-corrected chi connectivity index (χ3v) is 3.14. The van der Waals surface area contributed by atoms with E-state index in [9.17, 15) is 0 Å². The molecule has 17 heavy (non-hydrogen) atoms. The molecule has 0 fully saturated rings. The van der Waals surface area contributed by atoms with Gasteiger partial charge in [0.15, 0.2) is 0 Å². The van der Waals surface area contributed by atoms with Gasteiger partial charge in [0.1, 0.15) is 4.60 Å². The summed E-state index contributed by atoms with van der Waals surface area (Å²) in [6, 6.07) is 12.1. The standard InChI is InChI=1S/C13H10BrN3/c14-13-6-5-10(7-15-13)8-17-9-16-11-3-1-2-4-12(11)17/h1-7,9H,8H2. The van der Waals surface area contributed by atoms with Gasteiger partial charge in [-0.3, -0.25) is 0 Å². The molecule has 0 aliphatic heterocycles. The first kappa shape index (κ1) is 10.5. The van der Waals surface area contributed by atoms with Gasteiger partial charge in [0.05, 0.1) is 23.9 Å². The smallest absolute Gasteiger partial charge is 0.106 e. The lowest BCUT2D eigenvalue weighted by Crippen LogP contribution is -1.98. The highest BCUT2D eigenvalue weighted by atomic mass is 79.9. The molecule has 2 heterocycles. The molecule has 0 aliphatic rings. The van der Waals surface area contributed by atoms with Gasteiger partial charge in [-0.1, -0.05) is 18.2 Å². The van der Waals surface area contributed by atoms with Gasteiger partial charge in [0.2, 0.25) is 0 Å². The minimum absolute atomic E-state index is 0.792. The molecule has 0 saturated heterocycles. The summed E-state index contributed by atoms with van der Waals surface area (Å²) in [6.45, 7) is 0.792. The highest BCUT2D eigenvalue weighted by Crippen LogP contribution is 2.14. The van der Waals surface area contributed by atoms with Crippen LogP contribution >= 0.6 is 15.9 Å². The molecule has 0 unspecified atom stereocenters. The first-order valence-electron chi connectivity index (χ1n) is 5.33. The molecule has 4 heteroatoms. The third-order valence-electron chi connectivity index (χ3n) is 2.67. The Kier molecular flexibility index (Phi) is 2.65. The molecule has 3 aromatic rings. The fourth-order valence-corrected chi connectivity index (χ4v) is 2.07. The van der Waals surface area contributed by atoms with Crippen LogP contribution in [-0.4, -0.2) is 14.5 Å². The van der Waals surface area contributed by atoms with Crippen molar-refractivity contribution in [3.8, 4) is 0 Å². The molecule has 3 rings (SSSR count). The molecule has 0 N–H and O–H groups in total. The Bertz CT molecular complexity index is 643. The van der Waals surface area contributed by atoms with E-state index in [4.69, 9.17) is 0 Å². The molecule has 0 saturated carbocycles. The van der Waals surface area contributed by atoms with Crippen LogP contribution in [-0.2, 0) is 6.54 Å². The SMILES string of the molecule is Brc1ccc(Cn2cnc3ccccc32)cn1. The molecule has 3 nitrogen and oxygen atoms in total. The van der Waals surface area contributed by atoms with Crippen molar-refractivity contribution >= 4 is 27.0 Å². The van der Waals surface area contributed by atoms with Gasteiger partial charge in [-0.05, 0) is 39.7 Å². The summed E-state index contributed by atoms with van der Waals surface area (Å²) >= 11 is 3.33.